The van der Waals surface area contributed by atoms with Crippen molar-refractivity contribution >= 4 is 23.7 Å². The van der Waals surface area contributed by atoms with E-state index in [2.05, 4.69) is 29.8 Å². The highest BCUT2D eigenvalue weighted by Gasteiger charge is 2.46. The molecule has 0 bridgehead atoms. The van der Waals surface area contributed by atoms with E-state index in [4.69, 9.17) is 9.47 Å². The third-order valence-electron chi connectivity index (χ3n) is 10.9. The van der Waals surface area contributed by atoms with Gasteiger partial charge in [-0.3, -0.25) is 14.4 Å². The highest BCUT2D eigenvalue weighted by atomic mass is 16.5. The van der Waals surface area contributed by atoms with Gasteiger partial charge in [0.1, 0.15) is 37.0 Å². The molecule has 7 atom stereocenters. The van der Waals surface area contributed by atoms with Crippen molar-refractivity contribution in [2.45, 2.75) is 217 Å². The number of ether oxygens (including phenoxy) is 2. The number of carbonyl (C=O) groups excluding carboxylic acids is 4. The minimum atomic E-state index is -1.65. The first-order valence-electron chi connectivity index (χ1n) is 22.5. The molecule has 1 aromatic carbocycles. The summed E-state index contributed by atoms with van der Waals surface area (Å²) < 4.78 is 11.2. The van der Waals surface area contributed by atoms with Crippen LogP contribution in [0, 0.1) is 0 Å². The van der Waals surface area contributed by atoms with Crippen molar-refractivity contribution in [1.82, 2.24) is 16.0 Å². The number of hydrogen-bond donors (Lipinski definition) is 7. The van der Waals surface area contributed by atoms with Gasteiger partial charge in [-0.25, -0.2) is 4.79 Å². The maximum atomic E-state index is 13.5. The molecule has 332 valence electrons. The number of hydrogen-bond acceptors (Lipinski definition) is 10. The van der Waals surface area contributed by atoms with E-state index in [0.717, 1.165) is 50.5 Å². The SMILES string of the molecule is CCCCCCCCCCCCCC(=O)N[C@@H](CC(=O)N[C@@H]1O[C@H](CO)[C@@H](O)[C@H](O)[C@H]1NC(=O)C[C@H](O)CCCCCCCCCCC)C(=O)OCc1ccccc1. The fourth-order valence-corrected chi connectivity index (χ4v) is 7.29. The van der Waals surface area contributed by atoms with Crippen LogP contribution in [-0.2, 0) is 35.3 Å². The molecular formula is C45H77N3O10. The number of amides is 3. The van der Waals surface area contributed by atoms with Gasteiger partial charge in [-0.2, -0.15) is 0 Å². The lowest BCUT2D eigenvalue weighted by atomic mass is 9.95. The lowest BCUT2D eigenvalue weighted by Gasteiger charge is -2.42. The Morgan fingerprint density at radius 3 is 1.74 bits per heavy atom. The molecule has 0 spiro atoms. The summed E-state index contributed by atoms with van der Waals surface area (Å²) in [6.45, 7) is 3.65. The molecule has 7 N–H and O–H groups in total. The van der Waals surface area contributed by atoms with Gasteiger partial charge < -0.3 is 45.9 Å². The first-order valence-corrected chi connectivity index (χ1v) is 22.5. The third kappa shape index (κ3) is 22.3. The highest BCUT2D eigenvalue weighted by Crippen LogP contribution is 2.21. The predicted molar refractivity (Wildman–Crippen MR) is 224 cm³/mol. The summed E-state index contributed by atoms with van der Waals surface area (Å²) in [5, 5.41) is 49.7. The second-order valence-electron chi connectivity index (χ2n) is 16.1. The zero-order valence-corrected chi connectivity index (χ0v) is 35.6. The second kappa shape index (κ2) is 31.8. The van der Waals surface area contributed by atoms with Crippen LogP contribution in [-0.4, -0.2) is 93.5 Å². The summed E-state index contributed by atoms with van der Waals surface area (Å²) in [4.78, 5) is 52.8. The van der Waals surface area contributed by atoms with E-state index >= 15 is 0 Å². The predicted octanol–water partition coefficient (Wildman–Crippen LogP) is 6.02. The van der Waals surface area contributed by atoms with Crippen molar-refractivity contribution in [3.05, 3.63) is 35.9 Å². The van der Waals surface area contributed by atoms with E-state index in [1.807, 2.05) is 6.07 Å². The quantitative estimate of drug-likeness (QED) is 0.0325. The number of aliphatic hydroxyl groups is 4. The van der Waals surface area contributed by atoms with Crippen LogP contribution in [0.4, 0.5) is 0 Å². The van der Waals surface area contributed by atoms with Gasteiger partial charge in [-0.05, 0) is 18.4 Å². The molecule has 0 radical (unpaired) electrons. The number of carbonyl (C=O) groups is 4. The summed E-state index contributed by atoms with van der Waals surface area (Å²) in [6, 6.07) is 6.28. The average Bonchev–Trinajstić information content (AvgIpc) is 3.21. The first-order chi connectivity index (χ1) is 28.1. The van der Waals surface area contributed by atoms with Crippen molar-refractivity contribution in [3.8, 4) is 0 Å². The Hall–Kier alpha value is -3.10. The van der Waals surface area contributed by atoms with Gasteiger partial charge in [0.15, 0.2) is 6.23 Å². The van der Waals surface area contributed by atoms with Gasteiger partial charge in [0.25, 0.3) is 0 Å². The maximum Gasteiger partial charge on any atom is 0.329 e. The van der Waals surface area contributed by atoms with Crippen molar-refractivity contribution in [1.29, 1.82) is 0 Å². The largest absolute Gasteiger partial charge is 0.459 e. The van der Waals surface area contributed by atoms with Crippen molar-refractivity contribution in [2.24, 2.45) is 0 Å². The Labute approximate surface area is 347 Å². The van der Waals surface area contributed by atoms with E-state index in [1.165, 1.54) is 77.0 Å². The molecule has 1 aliphatic heterocycles. The van der Waals surface area contributed by atoms with Crippen LogP contribution in [0.25, 0.3) is 0 Å². The fourth-order valence-electron chi connectivity index (χ4n) is 7.29. The molecular weight excluding hydrogens is 743 g/mol. The Kier molecular flexibility index (Phi) is 28.0. The van der Waals surface area contributed by atoms with Gasteiger partial charge in [-0.15, -0.1) is 0 Å². The summed E-state index contributed by atoms with van der Waals surface area (Å²) in [5.41, 5.74) is 0.724. The standard InChI is InChI=1S/C45H77N3O10/c1-3-5-7-9-11-13-14-16-18-20-25-29-38(51)46-36(45(56)57-33-34-26-22-21-23-27-34)31-40(53)48-44-41(43(55)42(54)37(32-49)58-44)47-39(52)30-35(50)28-24-19-17-15-12-10-8-6-4-2/h21-23,26-27,35-37,41-44,49-50,54-55H,3-20,24-25,28-33H2,1-2H3,(H,46,51)(H,47,52)(H,48,53)/t35-,36+,37-,41-,42-,43-,44-/m1/s1. The van der Waals surface area contributed by atoms with E-state index in [1.54, 1.807) is 24.3 Å². The number of aliphatic hydroxyl groups excluding tert-OH is 4. The Morgan fingerprint density at radius 1 is 0.672 bits per heavy atom. The molecule has 0 aromatic heterocycles. The monoisotopic (exact) mass is 820 g/mol. The van der Waals surface area contributed by atoms with Gasteiger partial charge >= 0.3 is 5.97 Å². The van der Waals surface area contributed by atoms with Gasteiger partial charge in [0, 0.05) is 6.42 Å². The van der Waals surface area contributed by atoms with Gasteiger partial charge in [0.05, 0.1) is 25.6 Å². The van der Waals surface area contributed by atoms with Crippen LogP contribution in [0.1, 0.15) is 174 Å². The molecule has 2 rings (SSSR count). The summed E-state index contributed by atoms with van der Waals surface area (Å²) in [7, 11) is 0. The molecule has 3 amide bonds. The summed E-state index contributed by atoms with van der Waals surface area (Å²) in [5.74, 6) is -2.61. The van der Waals surface area contributed by atoms with Crippen LogP contribution in [0.3, 0.4) is 0 Å². The summed E-state index contributed by atoms with van der Waals surface area (Å²) in [6.07, 6.45) is 15.4. The topological polar surface area (TPSA) is 204 Å². The van der Waals surface area contributed by atoms with E-state index in [-0.39, 0.29) is 19.4 Å². The zero-order valence-electron chi connectivity index (χ0n) is 35.6. The molecule has 0 unspecified atom stereocenters. The number of benzene rings is 1. The molecule has 0 saturated carbocycles. The number of rotatable bonds is 33. The summed E-state index contributed by atoms with van der Waals surface area (Å²) >= 11 is 0. The Balaban J connectivity index is 1.95. The van der Waals surface area contributed by atoms with E-state index < -0.39 is 79.4 Å². The van der Waals surface area contributed by atoms with E-state index in [9.17, 15) is 39.6 Å². The Bertz CT molecular complexity index is 1250. The molecule has 1 aromatic rings. The van der Waals surface area contributed by atoms with E-state index in [0.29, 0.717) is 12.8 Å². The molecule has 1 fully saturated rings. The minimum Gasteiger partial charge on any atom is -0.459 e. The minimum absolute atomic E-state index is 0.0701. The van der Waals surface area contributed by atoms with Crippen LogP contribution >= 0.6 is 0 Å². The zero-order chi connectivity index (χ0) is 42.4. The molecule has 1 heterocycles. The first kappa shape index (κ1) is 51.0. The molecule has 1 saturated heterocycles. The number of nitrogens with one attached hydrogen (secondary N) is 3. The van der Waals surface area contributed by atoms with Crippen molar-refractivity contribution in [2.75, 3.05) is 6.61 Å². The smallest absolute Gasteiger partial charge is 0.329 e. The average molecular weight is 820 g/mol. The fraction of sp³-hybridized carbons (Fsp3) is 0.778. The lowest BCUT2D eigenvalue weighted by Crippen LogP contribution is -2.68. The van der Waals surface area contributed by atoms with Crippen molar-refractivity contribution < 1.29 is 49.1 Å². The van der Waals surface area contributed by atoms with Crippen molar-refractivity contribution in [3.63, 3.8) is 0 Å². The molecule has 13 nitrogen and oxygen atoms in total. The Morgan fingerprint density at radius 2 is 1.19 bits per heavy atom. The molecule has 0 aliphatic carbocycles. The number of unbranched alkanes of at least 4 members (excludes halogenated alkanes) is 18. The molecule has 1 aliphatic rings. The third-order valence-corrected chi connectivity index (χ3v) is 10.9. The normalized spacial score (nSPS) is 20.2. The van der Waals surface area contributed by atoms with Crippen LogP contribution in [0.15, 0.2) is 30.3 Å². The van der Waals surface area contributed by atoms with Crippen LogP contribution in [0.2, 0.25) is 0 Å². The molecule has 58 heavy (non-hydrogen) atoms. The highest BCUT2D eigenvalue weighted by molar-refractivity contribution is 5.89. The second-order valence-corrected chi connectivity index (χ2v) is 16.1. The van der Waals surface area contributed by atoms with Gasteiger partial charge in [0.2, 0.25) is 17.7 Å². The van der Waals surface area contributed by atoms with Gasteiger partial charge in [-0.1, -0.05) is 166 Å². The molecule has 13 heteroatoms. The van der Waals surface area contributed by atoms with Crippen LogP contribution in [0.5, 0.6) is 0 Å². The number of esters is 1. The maximum absolute atomic E-state index is 13.5. The lowest BCUT2D eigenvalue weighted by molar-refractivity contribution is -0.203. The van der Waals surface area contributed by atoms with Crippen LogP contribution < -0.4 is 16.0 Å².